The highest BCUT2D eigenvalue weighted by Gasteiger charge is 2.51. The SMILES string of the molecule is CN(CCCCCCN1CCCC1)C(N)=NC12CC3CC(CC(C3)C1)C2.Cl.Cl. The van der Waals surface area contributed by atoms with Gasteiger partial charge in [0.2, 0.25) is 0 Å². The van der Waals surface area contributed by atoms with Crippen LogP contribution in [0.3, 0.4) is 0 Å². The zero-order chi connectivity index (χ0) is 18.0. The third kappa shape index (κ3) is 5.92. The van der Waals surface area contributed by atoms with Crippen molar-refractivity contribution < 1.29 is 0 Å². The number of hydrogen-bond acceptors (Lipinski definition) is 2. The summed E-state index contributed by atoms with van der Waals surface area (Å²) in [6.45, 7) is 5.04. The Balaban J connectivity index is 0.00000140. The van der Waals surface area contributed by atoms with Crippen molar-refractivity contribution in [3.63, 3.8) is 0 Å². The van der Waals surface area contributed by atoms with Crippen LogP contribution in [0.1, 0.15) is 77.0 Å². The fourth-order valence-electron chi connectivity index (χ4n) is 6.69. The Labute approximate surface area is 184 Å². The number of aliphatic imine (C=N–C) groups is 1. The van der Waals surface area contributed by atoms with Gasteiger partial charge in [-0.05, 0) is 102 Å². The van der Waals surface area contributed by atoms with E-state index in [1.165, 1.54) is 96.7 Å². The summed E-state index contributed by atoms with van der Waals surface area (Å²) < 4.78 is 0. The molecule has 0 aromatic rings. The van der Waals surface area contributed by atoms with Crippen molar-refractivity contribution in [2.45, 2.75) is 82.6 Å². The summed E-state index contributed by atoms with van der Waals surface area (Å²) in [5, 5.41) is 0. The van der Waals surface area contributed by atoms with Gasteiger partial charge in [-0.1, -0.05) is 12.8 Å². The van der Waals surface area contributed by atoms with Crippen LogP contribution in [0.15, 0.2) is 4.99 Å². The second-order valence-corrected chi connectivity index (χ2v) is 10.00. The van der Waals surface area contributed by atoms with Crippen LogP contribution in [0.2, 0.25) is 0 Å². The lowest BCUT2D eigenvalue weighted by Crippen LogP contribution is -2.51. The molecule has 28 heavy (non-hydrogen) atoms. The predicted octanol–water partition coefficient (Wildman–Crippen LogP) is 4.70. The average molecular weight is 434 g/mol. The molecule has 164 valence electrons. The lowest BCUT2D eigenvalue weighted by Gasteiger charge is -2.55. The second kappa shape index (κ2) is 10.7. The number of unbranched alkanes of at least 4 members (excludes halogenated alkanes) is 3. The largest absolute Gasteiger partial charge is 0.370 e. The van der Waals surface area contributed by atoms with Crippen molar-refractivity contribution in [3.8, 4) is 0 Å². The molecule has 5 fully saturated rings. The lowest BCUT2D eigenvalue weighted by molar-refractivity contribution is 0.00110. The van der Waals surface area contributed by atoms with E-state index in [0.29, 0.717) is 0 Å². The van der Waals surface area contributed by atoms with Gasteiger partial charge >= 0.3 is 0 Å². The normalized spacial score (nSPS) is 34.2. The van der Waals surface area contributed by atoms with Gasteiger partial charge < -0.3 is 15.5 Å². The molecule has 0 atom stereocenters. The first kappa shape index (κ1) is 24.1. The van der Waals surface area contributed by atoms with E-state index in [4.69, 9.17) is 10.7 Å². The van der Waals surface area contributed by atoms with Crippen LogP contribution in [0, 0.1) is 17.8 Å². The smallest absolute Gasteiger partial charge is 0.191 e. The molecule has 0 aromatic carbocycles. The Morgan fingerprint density at radius 2 is 1.46 bits per heavy atom. The third-order valence-electron chi connectivity index (χ3n) is 7.67. The molecule has 4 saturated carbocycles. The van der Waals surface area contributed by atoms with Crippen LogP contribution in [0.25, 0.3) is 0 Å². The minimum absolute atomic E-state index is 0. The molecule has 5 aliphatic rings. The summed E-state index contributed by atoms with van der Waals surface area (Å²) >= 11 is 0. The summed E-state index contributed by atoms with van der Waals surface area (Å²) in [5.74, 6) is 3.64. The maximum Gasteiger partial charge on any atom is 0.191 e. The molecule has 4 bridgehead atoms. The molecule has 0 amide bonds. The van der Waals surface area contributed by atoms with E-state index in [1.807, 2.05) is 0 Å². The van der Waals surface area contributed by atoms with Crippen molar-refractivity contribution >= 4 is 30.8 Å². The monoisotopic (exact) mass is 432 g/mol. The molecule has 1 heterocycles. The van der Waals surface area contributed by atoms with Gasteiger partial charge in [0.1, 0.15) is 0 Å². The lowest BCUT2D eigenvalue weighted by atomic mass is 9.53. The molecule has 6 heteroatoms. The summed E-state index contributed by atoms with van der Waals surface area (Å²) in [7, 11) is 2.14. The number of likely N-dealkylation sites (tertiary alicyclic amines) is 1. The molecule has 5 rings (SSSR count). The first-order chi connectivity index (χ1) is 12.6. The van der Waals surface area contributed by atoms with E-state index in [0.717, 1.165) is 30.3 Å². The third-order valence-corrected chi connectivity index (χ3v) is 7.67. The highest BCUT2D eigenvalue weighted by molar-refractivity contribution is 5.85. The van der Waals surface area contributed by atoms with E-state index in [9.17, 15) is 0 Å². The Bertz CT molecular complexity index is 469. The summed E-state index contributed by atoms with van der Waals surface area (Å²) in [5.41, 5.74) is 6.64. The number of nitrogens with zero attached hydrogens (tertiary/aromatic N) is 3. The molecule has 1 saturated heterocycles. The molecule has 0 aromatic heterocycles. The second-order valence-electron chi connectivity index (χ2n) is 10.00. The predicted molar refractivity (Wildman–Crippen MR) is 124 cm³/mol. The highest BCUT2D eigenvalue weighted by Crippen LogP contribution is 2.57. The number of hydrogen-bond donors (Lipinski definition) is 1. The molecular formula is C22H42Cl2N4. The first-order valence-electron chi connectivity index (χ1n) is 11.4. The van der Waals surface area contributed by atoms with E-state index in [-0.39, 0.29) is 30.4 Å². The Morgan fingerprint density at radius 3 is 2.04 bits per heavy atom. The topological polar surface area (TPSA) is 44.9 Å². The molecule has 0 spiro atoms. The quantitative estimate of drug-likeness (QED) is 0.343. The van der Waals surface area contributed by atoms with Gasteiger partial charge in [-0.25, -0.2) is 4.99 Å². The van der Waals surface area contributed by atoms with Crippen LogP contribution in [0.4, 0.5) is 0 Å². The van der Waals surface area contributed by atoms with Crippen LogP contribution in [0.5, 0.6) is 0 Å². The standard InChI is InChI=1S/C22H40N4.2ClH/c1-25(8-4-2-3-5-9-26-10-6-7-11-26)21(23)24-22-15-18-12-19(16-22)14-20(13-18)17-22;;/h18-20H,2-17H2,1H3,(H2,23,24);2*1H. The first-order valence-corrected chi connectivity index (χ1v) is 11.4. The van der Waals surface area contributed by atoms with Crippen molar-refractivity contribution in [2.24, 2.45) is 28.5 Å². The van der Waals surface area contributed by atoms with Crippen LogP contribution < -0.4 is 5.73 Å². The zero-order valence-electron chi connectivity index (χ0n) is 17.8. The summed E-state index contributed by atoms with van der Waals surface area (Å²) in [6, 6.07) is 0. The summed E-state index contributed by atoms with van der Waals surface area (Å²) in [6.07, 6.45) is 16.5. The van der Waals surface area contributed by atoms with Gasteiger partial charge in [0.25, 0.3) is 0 Å². The summed E-state index contributed by atoms with van der Waals surface area (Å²) in [4.78, 5) is 10.00. The van der Waals surface area contributed by atoms with Crippen molar-refractivity contribution in [1.29, 1.82) is 0 Å². The molecule has 4 aliphatic carbocycles. The molecule has 0 unspecified atom stereocenters. The fourth-order valence-corrected chi connectivity index (χ4v) is 6.69. The zero-order valence-corrected chi connectivity index (χ0v) is 19.4. The molecule has 0 radical (unpaired) electrons. The van der Waals surface area contributed by atoms with Gasteiger partial charge in [0, 0.05) is 13.6 Å². The number of rotatable bonds is 8. The molecule has 4 nitrogen and oxygen atoms in total. The van der Waals surface area contributed by atoms with Crippen LogP contribution in [-0.4, -0.2) is 54.5 Å². The number of guanidine groups is 1. The van der Waals surface area contributed by atoms with Gasteiger partial charge in [-0.3, -0.25) is 0 Å². The number of halogens is 2. The van der Waals surface area contributed by atoms with Gasteiger partial charge in [0.05, 0.1) is 5.54 Å². The average Bonchev–Trinajstić information content (AvgIpc) is 3.09. The van der Waals surface area contributed by atoms with Gasteiger partial charge in [-0.2, -0.15) is 0 Å². The highest BCUT2D eigenvalue weighted by atomic mass is 35.5. The fraction of sp³-hybridized carbons (Fsp3) is 0.955. The Hall–Kier alpha value is -0.190. The van der Waals surface area contributed by atoms with E-state index >= 15 is 0 Å². The van der Waals surface area contributed by atoms with Crippen LogP contribution >= 0.6 is 24.8 Å². The van der Waals surface area contributed by atoms with E-state index < -0.39 is 0 Å². The van der Waals surface area contributed by atoms with Crippen molar-refractivity contribution in [1.82, 2.24) is 9.80 Å². The van der Waals surface area contributed by atoms with Crippen molar-refractivity contribution in [2.75, 3.05) is 33.2 Å². The van der Waals surface area contributed by atoms with E-state index in [1.54, 1.807) is 0 Å². The Morgan fingerprint density at radius 1 is 0.929 bits per heavy atom. The maximum atomic E-state index is 6.43. The van der Waals surface area contributed by atoms with Gasteiger partial charge in [0.15, 0.2) is 5.96 Å². The minimum Gasteiger partial charge on any atom is -0.370 e. The maximum absolute atomic E-state index is 6.43. The number of nitrogens with two attached hydrogens (primary N) is 1. The minimum atomic E-state index is 0. The van der Waals surface area contributed by atoms with E-state index in [2.05, 4.69) is 16.8 Å². The Kier molecular flexibility index (Phi) is 9.22. The molecule has 1 aliphatic heterocycles. The van der Waals surface area contributed by atoms with Gasteiger partial charge in [-0.15, -0.1) is 24.8 Å². The van der Waals surface area contributed by atoms with Crippen molar-refractivity contribution in [3.05, 3.63) is 0 Å². The van der Waals surface area contributed by atoms with Crippen LogP contribution in [-0.2, 0) is 0 Å². The molecule has 2 N–H and O–H groups in total. The molecular weight excluding hydrogens is 391 g/mol.